The third-order valence-electron chi connectivity index (χ3n) is 4.11. The molecule has 2 aromatic rings. The van der Waals surface area contributed by atoms with Crippen molar-refractivity contribution in [2.24, 2.45) is 0 Å². The summed E-state index contributed by atoms with van der Waals surface area (Å²) >= 11 is 0. The van der Waals surface area contributed by atoms with Gasteiger partial charge in [0.15, 0.2) is 0 Å². The Hall–Kier alpha value is -1.79. The molecule has 0 fully saturated rings. The van der Waals surface area contributed by atoms with Gasteiger partial charge < -0.3 is 19.4 Å². The van der Waals surface area contributed by atoms with Gasteiger partial charge in [-0.25, -0.2) is 0 Å². The zero-order valence-electron chi connectivity index (χ0n) is 13.7. The molecule has 0 bridgehead atoms. The van der Waals surface area contributed by atoms with Crippen molar-refractivity contribution in [3.63, 3.8) is 0 Å². The van der Waals surface area contributed by atoms with Crippen molar-refractivity contribution >= 4 is 12.4 Å². The van der Waals surface area contributed by atoms with E-state index in [0.717, 1.165) is 48.1 Å². The number of hydrogen-bond donors (Lipinski definition) is 1. The van der Waals surface area contributed by atoms with Gasteiger partial charge in [-0.3, -0.25) is 0 Å². The molecule has 2 heterocycles. The van der Waals surface area contributed by atoms with E-state index in [1.165, 1.54) is 0 Å². The van der Waals surface area contributed by atoms with Crippen LogP contribution in [0.2, 0.25) is 0 Å². The first kappa shape index (κ1) is 17.6. The van der Waals surface area contributed by atoms with Crippen LogP contribution < -0.4 is 14.8 Å². The van der Waals surface area contributed by atoms with E-state index in [4.69, 9.17) is 9.47 Å². The summed E-state index contributed by atoms with van der Waals surface area (Å²) in [6.45, 7) is 3.82. The van der Waals surface area contributed by atoms with Gasteiger partial charge in [0.05, 0.1) is 20.3 Å². The largest absolute Gasteiger partial charge is 0.497 e. The highest BCUT2D eigenvalue weighted by Gasteiger charge is 2.21. The number of benzene rings is 1. The minimum Gasteiger partial charge on any atom is -0.497 e. The summed E-state index contributed by atoms with van der Waals surface area (Å²) < 4.78 is 12.9. The summed E-state index contributed by atoms with van der Waals surface area (Å²) in [6.07, 6.45) is 2.19. The van der Waals surface area contributed by atoms with E-state index in [1.807, 2.05) is 18.2 Å². The maximum absolute atomic E-state index is 5.41. The van der Waals surface area contributed by atoms with Gasteiger partial charge >= 0.3 is 0 Å². The smallest absolute Gasteiger partial charge is 0.149 e. The third kappa shape index (κ3) is 3.59. The normalized spacial score (nSPS) is 14.0. The molecule has 1 aliphatic heterocycles. The van der Waals surface area contributed by atoms with Crippen LogP contribution in [0.25, 0.3) is 0 Å². The highest BCUT2D eigenvalue weighted by Crippen LogP contribution is 2.25. The van der Waals surface area contributed by atoms with Crippen LogP contribution in [0, 0.1) is 0 Å². The van der Waals surface area contributed by atoms with Crippen LogP contribution in [-0.4, -0.2) is 29.0 Å². The van der Waals surface area contributed by atoms with Gasteiger partial charge in [-0.15, -0.1) is 22.6 Å². The maximum atomic E-state index is 5.41. The van der Waals surface area contributed by atoms with E-state index >= 15 is 0 Å². The van der Waals surface area contributed by atoms with Gasteiger partial charge in [-0.1, -0.05) is 0 Å². The average Bonchev–Trinajstić information content (AvgIpc) is 3.15. The molecule has 3 rings (SSSR count). The van der Waals surface area contributed by atoms with Crippen molar-refractivity contribution in [3.8, 4) is 11.5 Å². The molecule has 1 N–H and O–H groups in total. The fraction of sp³-hybridized carbons (Fsp3) is 0.500. The van der Waals surface area contributed by atoms with E-state index in [9.17, 15) is 0 Å². The Morgan fingerprint density at radius 3 is 2.83 bits per heavy atom. The second-order valence-electron chi connectivity index (χ2n) is 5.51. The number of rotatable bonds is 6. The van der Waals surface area contributed by atoms with Crippen molar-refractivity contribution in [3.05, 3.63) is 35.4 Å². The number of nitrogens with one attached hydrogen (secondary N) is 1. The Balaban J connectivity index is 0.00000192. The minimum atomic E-state index is 0. The molecule has 0 aliphatic carbocycles. The lowest BCUT2D eigenvalue weighted by Gasteiger charge is -2.16. The maximum Gasteiger partial charge on any atom is 0.149 e. The molecule has 0 spiro atoms. The number of fused-ring (bicyclic) bond motifs is 1. The molecule has 0 saturated carbocycles. The predicted octanol–water partition coefficient (Wildman–Crippen LogP) is 2.51. The number of ether oxygens (including phenoxy) is 2. The summed E-state index contributed by atoms with van der Waals surface area (Å²) in [6, 6.07) is 5.95. The topological polar surface area (TPSA) is 61.2 Å². The summed E-state index contributed by atoms with van der Waals surface area (Å²) in [7, 11) is 3.35. The lowest BCUT2D eigenvalue weighted by molar-refractivity contribution is 0.395. The van der Waals surface area contributed by atoms with Crippen molar-refractivity contribution in [2.75, 3.05) is 14.2 Å². The van der Waals surface area contributed by atoms with Gasteiger partial charge in [0.1, 0.15) is 23.1 Å². The van der Waals surface area contributed by atoms with E-state index in [-0.39, 0.29) is 18.4 Å². The van der Waals surface area contributed by atoms with Crippen LogP contribution in [0.5, 0.6) is 11.5 Å². The quantitative estimate of drug-likeness (QED) is 0.877. The van der Waals surface area contributed by atoms with Gasteiger partial charge in [0.2, 0.25) is 0 Å². The van der Waals surface area contributed by atoms with Gasteiger partial charge in [0.25, 0.3) is 0 Å². The molecule has 126 valence electrons. The highest BCUT2D eigenvalue weighted by atomic mass is 35.5. The molecule has 0 amide bonds. The lowest BCUT2D eigenvalue weighted by Crippen LogP contribution is -2.22. The second-order valence-corrected chi connectivity index (χ2v) is 5.51. The third-order valence-corrected chi connectivity index (χ3v) is 4.11. The van der Waals surface area contributed by atoms with Crippen LogP contribution in [0.15, 0.2) is 18.2 Å². The molecular formula is C16H23ClN4O2. The SMILES string of the molecule is COc1ccc(OC)c(CNC(C)c2nnc3n2CCC3)c1.Cl. The summed E-state index contributed by atoms with van der Waals surface area (Å²) in [5, 5.41) is 12.1. The molecule has 6 nitrogen and oxygen atoms in total. The zero-order chi connectivity index (χ0) is 15.5. The Kier molecular flexibility index (Phi) is 5.85. The Morgan fingerprint density at radius 2 is 2.09 bits per heavy atom. The number of methoxy groups -OCH3 is 2. The Morgan fingerprint density at radius 1 is 1.26 bits per heavy atom. The molecule has 1 aromatic heterocycles. The van der Waals surface area contributed by atoms with Crippen LogP contribution in [0.4, 0.5) is 0 Å². The highest BCUT2D eigenvalue weighted by molar-refractivity contribution is 5.85. The van der Waals surface area contributed by atoms with Crippen molar-refractivity contribution in [1.29, 1.82) is 0 Å². The molecule has 7 heteroatoms. The first-order chi connectivity index (χ1) is 10.7. The fourth-order valence-corrected chi connectivity index (χ4v) is 2.87. The molecule has 1 aliphatic rings. The van der Waals surface area contributed by atoms with Crippen LogP contribution in [0.1, 0.15) is 36.6 Å². The summed E-state index contributed by atoms with van der Waals surface area (Å²) in [5.41, 5.74) is 1.06. The predicted molar refractivity (Wildman–Crippen MR) is 90.4 cm³/mol. The van der Waals surface area contributed by atoms with Gasteiger partial charge in [-0.2, -0.15) is 0 Å². The molecule has 1 atom stereocenters. The second kappa shape index (κ2) is 7.66. The number of aromatic nitrogens is 3. The first-order valence-corrected chi connectivity index (χ1v) is 7.59. The van der Waals surface area contributed by atoms with Crippen LogP contribution >= 0.6 is 12.4 Å². The van der Waals surface area contributed by atoms with Crippen LogP contribution in [-0.2, 0) is 19.5 Å². The van der Waals surface area contributed by atoms with E-state index < -0.39 is 0 Å². The fourth-order valence-electron chi connectivity index (χ4n) is 2.87. The van der Waals surface area contributed by atoms with E-state index in [0.29, 0.717) is 6.54 Å². The van der Waals surface area contributed by atoms with Gasteiger partial charge in [-0.05, 0) is 31.5 Å². The Bertz CT molecular complexity index is 660. The lowest BCUT2D eigenvalue weighted by atomic mass is 10.1. The Labute approximate surface area is 142 Å². The van der Waals surface area contributed by atoms with Crippen LogP contribution in [0.3, 0.4) is 0 Å². The van der Waals surface area contributed by atoms with Crippen molar-refractivity contribution in [2.45, 2.75) is 38.9 Å². The average molecular weight is 339 g/mol. The van der Waals surface area contributed by atoms with Crippen molar-refractivity contribution < 1.29 is 9.47 Å². The van der Waals surface area contributed by atoms with E-state index in [2.05, 4.69) is 27.0 Å². The molecule has 1 unspecified atom stereocenters. The molecule has 1 aromatic carbocycles. The van der Waals surface area contributed by atoms with Crippen molar-refractivity contribution in [1.82, 2.24) is 20.1 Å². The summed E-state index contributed by atoms with van der Waals surface area (Å²) in [4.78, 5) is 0. The monoisotopic (exact) mass is 338 g/mol. The minimum absolute atomic E-state index is 0. The number of halogens is 1. The molecule has 0 radical (unpaired) electrons. The molecular weight excluding hydrogens is 316 g/mol. The molecule has 23 heavy (non-hydrogen) atoms. The standard InChI is InChI=1S/C16H22N4O2.ClH/c1-11(16-19-18-15-5-4-8-20(15)16)17-10-12-9-13(21-2)6-7-14(12)22-3;/h6-7,9,11,17H,4-5,8,10H2,1-3H3;1H. The number of aryl methyl sites for hydroxylation is 1. The number of nitrogens with zero attached hydrogens (tertiary/aromatic N) is 3. The first-order valence-electron chi connectivity index (χ1n) is 7.59. The molecule has 0 saturated heterocycles. The summed E-state index contributed by atoms with van der Waals surface area (Å²) in [5.74, 6) is 3.79. The zero-order valence-corrected chi connectivity index (χ0v) is 14.5. The van der Waals surface area contributed by atoms with Gasteiger partial charge in [0, 0.05) is 25.1 Å². The van der Waals surface area contributed by atoms with E-state index in [1.54, 1.807) is 14.2 Å². The number of hydrogen-bond acceptors (Lipinski definition) is 5.